The van der Waals surface area contributed by atoms with Crippen LogP contribution in [0.25, 0.3) is 0 Å². The maximum Gasteiger partial charge on any atom is 1.00 e. The molecule has 19 heteroatoms. The molecule has 0 saturated carbocycles. The van der Waals surface area contributed by atoms with E-state index >= 15 is 0 Å². The number of aromatic hydroxyl groups is 2. The van der Waals surface area contributed by atoms with Crippen LogP contribution in [0.1, 0.15) is 20.8 Å². The second kappa shape index (κ2) is 33.4. The molecule has 4 aromatic carbocycles. The monoisotopic (exact) mass is 806 g/mol. The molecule has 0 saturated heterocycles. The van der Waals surface area contributed by atoms with E-state index in [4.69, 9.17) is 71.6 Å². The van der Waals surface area contributed by atoms with Crippen molar-refractivity contribution in [3.63, 3.8) is 0 Å². The molecule has 4 aromatic rings. The fourth-order valence-electron chi connectivity index (χ4n) is 2.79. The largest absolute Gasteiger partial charge is 1.00 e. The summed E-state index contributed by atoms with van der Waals surface area (Å²) in [6.45, 7) is 4.92. The first kappa shape index (κ1) is 54.1. The number of phenolic OH excluding ortho intramolecular Hbond substituents is 2. The van der Waals surface area contributed by atoms with E-state index in [1.807, 2.05) is 19.1 Å². The zero-order valence-corrected chi connectivity index (χ0v) is 35.2. The summed E-state index contributed by atoms with van der Waals surface area (Å²) in [6.07, 6.45) is 0.750. The molecule has 0 heterocycles. The first-order valence-corrected chi connectivity index (χ1v) is 18.8. The average molecular weight is 807 g/mol. The van der Waals surface area contributed by atoms with Gasteiger partial charge < -0.3 is 37.4 Å². The number of benzene rings is 4. The van der Waals surface area contributed by atoms with Gasteiger partial charge in [-0.05, 0) is 84.9 Å². The molecule has 3 N–H and O–H groups in total. The second-order valence-corrected chi connectivity index (χ2v) is 14.3. The van der Waals surface area contributed by atoms with Gasteiger partial charge in [-0.1, -0.05) is 48.9 Å². The summed E-state index contributed by atoms with van der Waals surface area (Å²) in [7, 11) is 21.0. The number of hydrogen-bond donors (Lipinski definition) is 3. The van der Waals surface area contributed by atoms with Gasteiger partial charge in [-0.3, -0.25) is 9.59 Å². The molecular formula is C33H36B4ClNaO9S4. The van der Waals surface area contributed by atoms with Gasteiger partial charge in [-0.15, -0.1) is 0 Å². The average Bonchev–Trinajstić information content (AvgIpc) is 3.06. The van der Waals surface area contributed by atoms with Gasteiger partial charge in [-0.25, -0.2) is 8.42 Å². The number of rotatable bonds is 7. The zero-order valence-electron chi connectivity index (χ0n) is 29.2. The van der Waals surface area contributed by atoms with Crippen molar-refractivity contribution in [2.45, 2.75) is 46.7 Å². The molecule has 0 aliphatic carbocycles. The first-order chi connectivity index (χ1) is 24.1. The van der Waals surface area contributed by atoms with E-state index in [9.17, 15) is 18.0 Å². The molecule has 0 aromatic heterocycles. The minimum absolute atomic E-state index is 0. The Bertz CT molecular complexity index is 1590. The van der Waals surface area contributed by atoms with Gasteiger partial charge in [-0.2, -0.15) is 4.90 Å². The Balaban J connectivity index is -0.000000587. The van der Waals surface area contributed by atoms with Crippen LogP contribution in [0.15, 0.2) is 117 Å². The van der Waals surface area contributed by atoms with Gasteiger partial charge in [0.25, 0.3) is 9.05 Å². The standard InChI is InChI=1S/C9H9BO2S.C8H8O2S.C7H6BClO3S.C6H6OS.C2H5B.CH3BO.Na/c1-7(11)13-9-4-2-8(3-5-9)12-6-10;1-6(9)11-8-4-2-7(10)3-5-8;8-5-12-6-1-3-7(4-2-6)13(9,10)11;7-5-1-3-6(8)4-2-5;1-2-3;2-1-3;/h2-5H,6H2,1H3;2-5,10H,1H3;1-4H,5H2;1-4,7-8H;2H2,1H3;3H,1H2;/q;;;;;;+1/p-1. The summed E-state index contributed by atoms with van der Waals surface area (Å²) in [5, 5.41) is 25.1. The van der Waals surface area contributed by atoms with Crippen molar-refractivity contribution in [3.8, 4) is 23.0 Å². The molecule has 0 unspecified atom stereocenters. The predicted octanol–water partition coefficient (Wildman–Crippen LogP) is 2.98. The Kier molecular flexibility index (Phi) is 34.8. The van der Waals surface area contributed by atoms with Crippen LogP contribution in [0.3, 0.4) is 0 Å². The number of carbonyl (C=O) groups excluding carboxylic acids is 2. The van der Waals surface area contributed by atoms with Gasteiger partial charge in [0.15, 0.2) is 10.2 Å². The number of aliphatic hydroxyl groups is 1. The number of aliphatic hydroxyl groups excluding tert-OH is 1. The van der Waals surface area contributed by atoms with Crippen molar-refractivity contribution >= 4 is 97.5 Å². The third-order valence-electron chi connectivity index (χ3n) is 4.63. The number of hydrogen-bond acceptors (Lipinski definition) is 12. The van der Waals surface area contributed by atoms with Gasteiger partial charge in [0.2, 0.25) is 0 Å². The Morgan fingerprint density at radius 1 is 0.692 bits per heavy atom. The number of halogens is 1. The Morgan fingerprint density at radius 3 is 1.25 bits per heavy atom. The number of ether oxygens (including phenoxy) is 2. The van der Waals surface area contributed by atoms with Crippen LogP contribution in [0, 0.1) is 0 Å². The van der Waals surface area contributed by atoms with E-state index in [1.165, 1.54) is 49.9 Å². The molecule has 9 nitrogen and oxygen atoms in total. The minimum atomic E-state index is -3.65. The molecule has 0 amide bonds. The SMILES string of the molecule is CC(=O)Sc1ccc(O)cc1.Oc1ccc([S-])cc1.[B]CC.[B]CO.[B]COc1ccc(S(=O)(=O)Cl)cc1.[B]COc1ccc(SC(C)=O)cc1.[Na+]. The van der Waals surface area contributed by atoms with Crippen molar-refractivity contribution in [3.05, 3.63) is 97.1 Å². The molecule has 8 radical (unpaired) electrons. The molecule has 0 atom stereocenters. The van der Waals surface area contributed by atoms with E-state index in [0.717, 1.165) is 38.5 Å². The van der Waals surface area contributed by atoms with Crippen LogP contribution in [0.2, 0.25) is 6.32 Å². The normalized spacial score (nSPS) is 9.25. The summed E-state index contributed by atoms with van der Waals surface area (Å²) in [6, 6.07) is 26.0. The Hall–Kier alpha value is -2.20. The van der Waals surface area contributed by atoms with Gasteiger partial charge >= 0.3 is 29.6 Å². The fraction of sp³-hybridized carbons (Fsp3) is 0.212. The van der Waals surface area contributed by atoms with Crippen molar-refractivity contribution in [2.24, 2.45) is 0 Å². The van der Waals surface area contributed by atoms with Gasteiger partial charge in [0.05, 0.1) is 12.7 Å². The van der Waals surface area contributed by atoms with Crippen molar-refractivity contribution in [1.82, 2.24) is 0 Å². The summed E-state index contributed by atoms with van der Waals surface area (Å²) in [5.41, 5.74) is 0. The molecule has 266 valence electrons. The van der Waals surface area contributed by atoms with Crippen LogP contribution in [0.5, 0.6) is 23.0 Å². The molecule has 0 bridgehead atoms. The van der Waals surface area contributed by atoms with E-state index in [-0.39, 0.29) is 75.7 Å². The second-order valence-electron chi connectivity index (χ2n) is 8.77. The van der Waals surface area contributed by atoms with Gasteiger partial charge in [0.1, 0.15) is 46.5 Å². The first-order valence-electron chi connectivity index (χ1n) is 14.5. The van der Waals surface area contributed by atoms with Crippen molar-refractivity contribution < 1.29 is 72.4 Å². The quantitative estimate of drug-likeness (QED) is 0.109. The maximum absolute atomic E-state index is 10.8. The van der Waals surface area contributed by atoms with Crippen molar-refractivity contribution in [2.75, 3.05) is 19.5 Å². The summed E-state index contributed by atoms with van der Waals surface area (Å²) < 4.78 is 31.6. The summed E-state index contributed by atoms with van der Waals surface area (Å²) >= 11 is 7.12. The van der Waals surface area contributed by atoms with Crippen LogP contribution in [0.4, 0.5) is 0 Å². The molecule has 4 rings (SSSR count). The number of thioether (sulfide) groups is 2. The molecule has 0 aliphatic rings. The smallest absolute Gasteiger partial charge is 0.780 e. The third-order valence-corrected chi connectivity index (χ3v) is 7.86. The molecule has 0 fully saturated rings. The maximum atomic E-state index is 10.8. The molecular weight excluding hydrogens is 770 g/mol. The van der Waals surface area contributed by atoms with Crippen molar-refractivity contribution in [1.29, 1.82) is 0 Å². The Labute approximate surface area is 353 Å². The van der Waals surface area contributed by atoms with Crippen LogP contribution in [-0.2, 0) is 31.3 Å². The third kappa shape index (κ3) is 31.3. The number of phenols is 2. The van der Waals surface area contributed by atoms with E-state index < -0.39 is 9.05 Å². The summed E-state index contributed by atoms with van der Waals surface area (Å²) in [5.74, 6) is 1.71. The fourth-order valence-corrected chi connectivity index (χ4v) is 4.90. The van der Waals surface area contributed by atoms with Crippen LogP contribution >= 0.6 is 34.2 Å². The molecule has 0 spiro atoms. The van der Waals surface area contributed by atoms with Gasteiger partial charge in [0, 0.05) is 53.8 Å². The van der Waals surface area contributed by atoms with E-state index in [0.29, 0.717) is 5.75 Å². The van der Waals surface area contributed by atoms with Crippen LogP contribution < -0.4 is 39.0 Å². The molecule has 0 aliphatic heterocycles. The van der Waals surface area contributed by atoms with E-state index in [2.05, 4.69) is 7.85 Å². The number of carbonyl (C=O) groups is 2. The summed E-state index contributed by atoms with van der Waals surface area (Å²) in [4.78, 5) is 23.9. The topological polar surface area (TPSA) is 147 Å². The van der Waals surface area contributed by atoms with Crippen LogP contribution in [-0.4, -0.2) is 84.9 Å². The Morgan fingerprint density at radius 2 is 0.981 bits per heavy atom. The predicted molar refractivity (Wildman–Crippen MR) is 212 cm³/mol. The zero-order chi connectivity index (χ0) is 39.2. The molecule has 52 heavy (non-hydrogen) atoms. The van der Waals surface area contributed by atoms with E-state index in [1.54, 1.807) is 60.7 Å². The minimum Gasteiger partial charge on any atom is -0.780 e.